The molecule has 0 bridgehead atoms. The normalized spacial score (nSPS) is 12.2. The molecule has 1 aromatic rings. The molecule has 0 aromatic heterocycles. The third-order valence-corrected chi connectivity index (χ3v) is 2.30. The molecule has 1 unspecified atom stereocenters. The Kier molecular flexibility index (Phi) is 5.35. The molecule has 19 heavy (non-hydrogen) atoms. The van der Waals surface area contributed by atoms with Gasteiger partial charge >= 0.3 is 5.97 Å². The van der Waals surface area contributed by atoms with E-state index in [1.165, 1.54) is 18.2 Å². The summed E-state index contributed by atoms with van der Waals surface area (Å²) in [6, 6.07) is 3.53. The van der Waals surface area contributed by atoms with Crippen LogP contribution in [0.5, 0.6) is 0 Å². The lowest BCUT2D eigenvalue weighted by molar-refractivity contribution is -0.142. The Morgan fingerprint density at radius 3 is 2.53 bits per heavy atom. The Morgan fingerprint density at radius 1 is 1.32 bits per heavy atom. The molecule has 0 saturated carbocycles. The fraction of sp³-hybridized carbons (Fsp3) is 0.333. The van der Waals surface area contributed by atoms with Gasteiger partial charge in [-0.05, 0) is 17.7 Å². The van der Waals surface area contributed by atoms with Crippen LogP contribution in [0.1, 0.15) is 12.0 Å². The van der Waals surface area contributed by atoms with Gasteiger partial charge in [0.2, 0.25) is 12.3 Å². The molecule has 0 aliphatic heterocycles. The van der Waals surface area contributed by atoms with Crippen LogP contribution in [0, 0.1) is 5.82 Å². The zero-order chi connectivity index (χ0) is 14.4. The van der Waals surface area contributed by atoms with E-state index >= 15 is 0 Å². The maximum Gasteiger partial charge on any atom is 0.326 e. The number of amides is 1. The Balaban J connectivity index is 2.60. The lowest BCUT2D eigenvalue weighted by Crippen LogP contribution is -2.42. The Hall–Kier alpha value is -2.05. The van der Waals surface area contributed by atoms with Crippen molar-refractivity contribution in [3.8, 4) is 0 Å². The van der Waals surface area contributed by atoms with Gasteiger partial charge in [-0.15, -0.1) is 0 Å². The molecular formula is C12H12F3NO3. The number of carboxylic acid groups (broad SMARTS) is 1. The highest BCUT2D eigenvalue weighted by molar-refractivity contribution is 5.84. The summed E-state index contributed by atoms with van der Waals surface area (Å²) in [6.07, 6.45) is -4.08. The fourth-order valence-corrected chi connectivity index (χ4v) is 1.48. The zero-order valence-electron chi connectivity index (χ0n) is 9.78. The summed E-state index contributed by atoms with van der Waals surface area (Å²) in [5.74, 6) is -2.82. The third-order valence-electron chi connectivity index (χ3n) is 2.30. The van der Waals surface area contributed by atoms with Gasteiger partial charge in [0.05, 0.1) is 6.42 Å². The van der Waals surface area contributed by atoms with Crippen LogP contribution in [0.4, 0.5) is 13.2 Å². The van der Waals surface area contributed by atoms with E-state index in [9.17, 15) is 22.8 Å². The van der Waals surface area contributed by atoms with E-state index in [4.69, 9.17) is 5.11 Å². The van der Waals surface area contributed by atoms with E-state index in [1.54, 1.807) is 0 Å². The zero-order valence-corrected chi connectivity index (χ0v) is 9.78. The molecule has 0 heterocycles. The molecule has 0 saturated heterocycles. The molecule has 0 aliphatic carbocycles. The first-order valence-electron chi connectivity index (χ1n) is 5.43. The topological polar surface area (TPSA) is 66.4 Å². The molecule has 1 atom stereocenters. The van der Waals surface area contributed by atoms with Crippen LogP contribution in [0.3, 0.4) is 0 Å². The minimum absolute atomic E-state index is 0.273. The highest BCUT2D eigenvalue weighted by Crippen LogP contribution is 2.07. The molecule has 4 nitrogen and oxygen atoms in total. The summed E-state index contributed by atoms with van der Waals surface area (Å²) < 4.78 is 37.1. The number of carboxylic acids is 1. The Labute approximate surface area is 107 Å². The summed E-state index contributed by atoms with van der Waals surface area (Å²) in [4.78, 5) is 22.1. The van der Waals surface area contributed by atoms with Crippen LogP contribution in [0.2, 0.25) is 0 Å². The first-order valence-corrected chi connectivity index (χ1v) is 5.43. The Bertz CT molecular complexity index is 465. The van der Waals surface area contributed by atoms with Crippen molar-refractivity contribution in [2.75, 3.05) is 0 Å². The van der Waals surface area contributed by atoms with Crippen LogP contribution >= 0.6 is 0 Å². The van der Waals surface area contributed by atoms with Gasteiger partial charge in [0.1, 0.15) is 11.9 Å². The number of rotatable bonds is 6. The number of hydrogen-bond acceptors (Lipinski definition) is 2. The van der Waals surface area contributed by atoms with Crippen molar-refractivity contribution < 1.29 is 27.9 Å². The lowest BCUT2D eigenvalue weighted by atomic mass is 10.1. The second kappa shape index (κ2) is 6.77. The molecule has 1 rings (SSSR count). The maximum atomic E-state index is 12.9. The third kappa shape index (κ3) is 5.41. The predicted octanol–water partition coefficient (Wildman–Crippen LogP) is 1.59. The first-order chi connectivity index (χ1) is 8.88. The van der Waals surface area contributed by atoms with Gasteiger partial charge in [0.25, 0.3) is 0 Å². The summed E-state index contributed by atoms with van der Waals surface area (Å²) >= 11 is 0. The quantitative estimate of drug-likeness (QED) is 0.828. The van der Waals surface area contributed by atoms with Crippen molar-refractivity contribution >= 4 is 11.9 Å². The molecule has 0 fully saturated rings. The van der Waals surface area contributed by atoms with E-state index in [2.05, 4.69) is 0 Å². The largest absolute Gasteiger partial charge is 0.480 e. The molecular weight excluding hydrogens is 263 g/mol. The molecule has 0 aliphatic rings. The van der Waals surface area contributed by atoms with Crippen LogP contribution in [-0.4, -0.2) is 29.5 Å². The number of hydrogen-bond donors (Lipinski definition) is 2. The van der Waals surface area contributed by atoms with Gasteiger partial charge in [-0.25, -0.2) is 18.0 Å². The van der Waals surface area contributed by atoms with Gasteiger partial charge < -0.3 is 10.4 Å². The summed E-state index contributed by atoms with van der Waals surface area (Å²) in [5, 5.41) is 10.6. The number of carbonyl (C=O) groups excluding carboxylic acids is 1. The number of carbonyl (C=O) groups is 2. The molecule has 7 heteroatoms. The molecule has 1 aromatic carbocycles. The number of alkyl halides is 2. The van der Waals surface area contributed by atoms with Gasteiger partial charge in [0.15, 0.2) is 0 Å². The van der Waals surface area contributed by atoms with Gasteiger partial charge in [-0.3, -0.25) is 4.79 Å². The highest BCUT2D eigenvalue weighted by atomic mass is 19.3. The average Bonchev–Trinajstić information content (AvgIpc) is 2.27. The molecule has 0 spiro atoms. The fourth-order valence-electron chi connectivity index (χ4n) is 1.48. The second-order valence-corrected chi connectivity index (χ2v) is 3.89. The smallest absolute Gasteiger partial charge is 0.326 e. The van der Waals surface area contributed by atoms with E-state index in [-0.39, 0.29) is 6.42 Å². The monoisotopic (exact) mass is 275 g/mol. The highest BCUT2D eigenvalue weighted by Gasteiger charge is 2.24. The van der Waals surface area contributed by atoms with Crippen molar-refractivity contribution in [1.82, 2.24) is 5.32 Å². The van der Waals surface area contributed by atoms with Crippen LogP contribution < -0.4 is 5.32 Å². The number of nitrogens with one attached hydrogen (secondary N) is 1. The van der Waals surface area contributed by atoms with Crippen molar-refractivity contribution in [2.24, 2.45) is 0 Å². The maximum absolute atomic E-state index is 12.9. The lowest BCUT2D eigenvalue weighted by Gasteiger charge is -2.13. The number of halogens is 3. The number of aliphatic carboxylic acids is 1. The van der Waals surface area contributed by atoms with E-state index in [0.717, 1.165) is 6.07 Å². The van der Waals surface area contributed by atoms with E-state index < -0.39 is 36.6 Å². The van der Waals surface area contributed by atoms with Crippen molar-refractivity contribution in [1.29, 1.82) is 0 Å². The van der Waals surface area contributed by atoms with Crippen molar-refractivity contribution in [2.45, 2.75) is 25.3 Å². The van der Waals surface area contributed by atoms with Gasteiger partial charge in [-0.1, -0.05) is 12.1 Å². The van der Waals surface area contributed by atoms with Gasteiger partial charge in [0, 0.05) is 6.42 Å². The van der Waals surface area contributed by atoms with Crippen LogP contribution in [-0.2, 0) is 16.0 Å². The second-order valence-electron chi connectivity index (χ2n) is 3.89. The summed E-state index contributed by atoms with van der Waals surface area (Å²) in [5.41, 5.74) is 0.332. The SMILES string of the molecule is O=C(Cc1cccc(F)c1)NC(CC(F)F)C(=O)O. The number of benzene rings is 1. The standard InChI is InChI=1S/C12H12F3NO3/c13-8-3-1-2-7(4-8)5-11(17)16-9(12(18)19)6-10(14)15/h1-4,9-10H,5-6H2,(H,16,17)(H,18,19). The minimum Gasteiger partial charge on any atom is -0.480 e. The van der Waals surface area contributed by atoms with Crippen molar-refractivity contribution in [3.63, 3.8) is 0 Å². The van der Waals surface area contributed by atoms with Crippen LogP contribution in [0.15, 0.2) is 24.3 Å². The summed E-state index contributed by atoms with van der Waals surface area (Å²) in [7, 11) is 0. The van der Waals surface area contributed by atoms with E-state index in [1.807, 2.05) is 5.32 Å². The van der Waals surface area contributed by atoms with Crippen LogP contribution in [0.25, 0.3) is 0 Å². The predicted molar refractivity (Wildman–Crippen MR) is 60.3 cm³/mol. The average molecular weight is 275 g/mol. The minimum atomic E-state index is -2.84. The molecule has 0 radical (unpaired) electrons. The molecule has 2 N–H and O–H groups in total. The van der Waals surface area contributed by atoms with Gasteiger partial charge in [-0.2, -0.15) is 0 Å². The molecule has 1 amide bonds. The van der Waals surface area contributed by atoms with Crippen molar-refractivity contribution in [3.05, 3.63) is 35.6 Å². The first kappa shape index (κ1) is 15.0. The molecule has 104 valence electrons. The van der Waals surface area contributed by atoms with E-state index in [0.29, 0.717) is 5.56 Å². The Morgan fingerprint density at radius 2 is 2.00 bits per heavy atom. The summed E-state index contributed by atoms with van der Waals surface area (Å²) in [6.45, 7) is 0.